The largest absolute Gasteiger partial charge is 0.379 e. The summed E-state index contributed by atoms with van der Waals surface area (Å²) < 4.78 is 14.1. The van der Waals surface area contributed by atoms with Crippen molar-refractivity contribution in [3.05, 3.63) is 65.7 Å². The van der Waals surface area contributed by atoms with E-state index in [-0.39, 0.29) is 18.1 Å². The van der Waals surface area contributed by atoms with Gasteiger partial charge in [0.15, 0.2) is 0 Å². The first kappa shape index (κ1) is 19.5. The standard InChI is InChI=1S/C22H25FN4O2/c1-22(15-20(25-29-22)18-8-2-3-9-19(18)23)21(28)27-12-6-11-26(13-14-27)16-17-7-4-5-10-24-17/h2-5,7-10H,6,11-16H2,1H3/t22-/m1/s1. The predicted octanol–water partition coefficient (Wildman–Crippen LogP) is 2.84. The molecule has 0 spiro atoms. The summed E-state index contributed by atoms with van der Waals surface area (Å²) in [5, 5.41) is 4.04. The fourth-order valence-electron chi connectivity index (χ4n) is 3.88. The van der Waals surface area contributed by atoms with Gasteiger partial charge in [0, 0.05) is 50.9 Å². The number of oxime groups is 1. The molecule has 0 N–H and O–H groups in total. The number of rotatable bonds is 4. The van der Waals surface area contributed by atoms with E-state index in [1.807, 2.05) is 23.1 Å². The fourth-order valence-corrected chi connectivity index (χ4v) is 3.88. The molecule has 0 aliphatic carbocycles. The molecule has 152 valence electrons. The maximum absolute atomic E-state index is 14.1. The Morgan fingerprint density at radius 3 is 2.76 bits per heavy atom. The molecule has 1 atom stereocenters. The zero-order valence-electron chi connectivity index (χ0n) is 16.6. The molecule has 0 bridgehead atoms. The van der Waals surface area contributed by atoms with Gasteiger partial charge in [0.25, 0.3) is 5.91 Å². The second-order valence-corrected chi connectivity index (χ2v) is 7.76. The van der Waals surface area contributed by atoms with Crippen molar-refractivity contribution in [2.75, 3.05) is 26.2 Å². The Kier molecular flexibility index (Phi) is 5.58. The van der Waals surface area contributed by atoms with Crippen molar-refractivity contribution in [1.82, 2.24) is 14.8 Å². The topological polar surface area (TPSA) is 58.0 Å². The van der Waals surface area contributed by atoms with Crippen LogP contribution in [0.2, 0.25) is 0 Å². The van der Waals surface area contributed by atoms with E-state index in [1.54, 1.807) is 31.3 Å². The molecule has 29 heavy (non-hydrogen) atoms. The van der Waals surface area contributed by atoms with Gasteiger partial charge >= 0.3 is 0 Å². The lowest BCUT2D eigenvalue weighted by atomic mass is 9.94. The lowest BCUT2D eigenvalue weighted by Crippen LogP contribution is -2.48. The fraction of sp³-hybridized carbons (Fsp3) is 0.409. The number of amides is 1. The van der Waals surface area contributed by atoms with Crippen molar-refractivity contribution in [3.8, 4) is 0 Å². The van der Waals surface area contributed by atoms with Gasteiger partial charge in [-0.15, -0.1) is 0 Å². The van der Waals surface area contributed by atoms with Gasteiger partial charge in [0.05, 0.1) is 11.4 Å². The highest BCUT2D eigenvalue weighted by molar-refractivity contribution is 6.05. The molecular formula is C22H25FN4O2. The summed E-state index contributed by atoms with van der Waals surface area (Å²) in [6, 6.07) is 12.4. The van der Waals surface area contributed by atoms with Crippen molar-refractivity contribution in [3.63, 3.8) is 0 Å². The lowest BCUT2D eigenvalue weighted by Gasteiger charge is -2.29. The van der Waals surface area contributed by atoms with Crippen LogP contribution in [0.3, 0.4) is 0 Å². The number of halogens is 1. The van der Waals surface area contributed by atoms with Crippen LogP contribution in [0, 0.1) is 5.82 Å². The highest BCUT2D eigenvalue weighted by Gasteiger charge is 2.45. The van der Waals surface area contributed by atoms with Crippen LogP contribution in [0.15, 0.2) is 53.8 Å². The van der Waals surface area contributed by atoms with Gasteiger partial charge in [-0.1, -0.05) is 29.4 Å². The molecule has 0 unspecified atom stereocenters. The number of nitrogens with zero attached hydrogens (tertiary/aromatic N) is 4. The molecule has 2 aliphatic rings. The van der Waals surface area contributed by atoms with Crippen LogP contribution >= 0.6 is 0 Å². The second-order valence-electron chi connectivity index (χ2n) is 7.76. The molecule has 4 rings (SSSR count). The third-order valence-electron chi connectivity index (χ3n) is 5.49. The van der Waals surface area contributed by atoms with Crippen molar-refractivity contribution in [2.45, 2.75) is 31.9 Å². The minimum Gasteiger partial charge on any atom is -0.379 e. The van der Waals surface area contributed by atoms with Crippen molar-refractivity contribution in [1.29, 1.82) is 0 Å². The number of hydrogen-bond acceptors (Lipinski definition) is 5. The van der Waals surface area contributed by atoms with Crippen LogP contribution in [0.5, 0.6) is 0 Å². The third-order valence-corrected chi connectivity index (χ3v) is 5.49. The van der Waals surface area contributed by atoms with E-state index in [1.165, 1.54) is 6.07 Å². The van der Waals surface area contributed by atoms with Gasteiger partial charge in [-0.2, -0.15) is 0 Å². The molecule has 7 heteroatoms. The number of carbonyl (C=O) groups excluding carboxylic acids is 1. The zero-order valence-corrected chi connectivity index (χ0v) is 16.6. The summed E-state index contributed by atoms with van der Waals surface area (Å²) >= 11 is 0. The lowest BCUT2D eigenvalue weighted by molar-refractivity contribution is -0.153. The molecule has 2 aromatic rings. The minimum absolute atomic E-state index is 0.0905. The van der Waals surface area contributed by atoms with E-state index in [4.69, 9.17) is 4.84 Å². The summed E-state index contributed by atoms with van der Waals surface area (Å²) in [4.78, 5) is 27.3. The molecular weight excluding hydrogens is 371 g/mol. The highest BCUT2D eigenvalue weighted by Crippen LogP contribution is 2.30. The van der Waals surface area contributed by atoms with Gasteiger partial charge in [0.1, 0.15) is 5.82 Å². The maximum atomic E-state index is 14.1. The SMILES string of the molecule is C[C@]1(C(=O)N2CCCN(Cc3ccccn3)CC2)CC(c2ccccc2F)=NO1. The summed E-state index contributed by atoms with van der Waals surface area (Å²) in [6.45, 7) is 5.50. The van der Waals surface area contributed by atoms with Crippen LogP contribution in [-0.4, -0.2) is 58.2 Å². The molecule has 1 fully saturated rings. The number of hydrogen-bond donors (Lipinski definition) is 0. The molecule has 3 heterocycles. The Morgan fingerprint density at radius 2 is 1.97 bits per heavy atom. The van der Waals surface area contributed by atoms with Crippen LogP contribution < -0.4 is 0 Å². The smallest absolute Gasteiger partial charge is 0.269 e. The van der Waals surface area contributed by atoms with Gasteiger partial charge in [-0.3, -0.25) is 14.7 Å². The summed E-state index contributed by atoms with van der Waals surface area (Å²) in [6.07, 6.45) is 2.95. The van der Waals surface area contributed by atoms with Crippen LogP contribution in [0.25, 0.3) is 0 Å². The van der Waals surface area contributed by atoms with Gasteiger partial charge in [0.2, 0.25) is 5.60 Å². The monoisotopic (exact) mass is 396 g/mol. The van der Waals surface area contributed by atoms with Gasteiger partial charge in [-0.25, -0.2) is 4.39 Å². The molecule has 6 nitrogen and oxygen atoms in total. The van der Waals surface area contributed by atoms with Crippen LogP contribution in [-0.2, 0) is 16.2 Å². The molecule has 1 saturated heterocycles. The van der Waals surface area contributed by atoms with Crippen molar-refractivity contribution >= 4 is 11.6 Å². The average Bonchev–Trinajstić information content (AvgIpc) is 2.99. The van der Waals surface area contributed by atoms with Crippen LogP contribution in [0.4, 0.5) is 4.39 Å². The Bertz CT molecular complexity index is 905. The highest BCUT2D eigenvalue weighted by atomic mass is 19.1. The van der Waals surface area contributed by atoms with E-state index >= 15 is 0 Å². The van der Waals surface area contributed by atoms with Crippen molar-refractivity contribution in [2.24, 2.45) is 5.16 Å². The molecule has 1 aromatic carbocycles. The molecule has 2 aliphatic heterocycles. The quantitative estimate of drug-likeness (QED) is 0.798. The summed E-state index contributed by atoms with van der Waals surface area (Å²) in [5.41, 5.74) is 0.807. The first-order valence-corrected chi connectivity index (χ1v) is 9.97. The first-order valence-electron chi connectivity index (χ1n) is 9.97. The van der Waals surface area contributed by atoms with Gasteiger partial charge < -0.3 is 9.74 Å². The average molecular weight is 396 g/mol. The normalized spacial score (nSPS) is 22.7. The minimum atomic E-state index is -1.09. The molecule has 1 aromatic heterocycles. The van der Waals surface area contributed by atoms with Crippen LogP contribution in [0.1, 0.15) is 31.0 Å². The summed E-state index contributed by atoms with van der Waals surface area (Å²) in [5.74, 6) is -0.446. The van der Waals surface area contributed by atoms with E-state index in [0.717, 1.165) is 31.7 Å². The molecule has 0 saturated carbocycles. The Morgan fingerprint density at radius 1 is 1.14 bits per heavy atom. The van der Waals surface area contributed by atoms with E-state index in [2.05, 4.69) is 15.0 Å². The number of aromatic nitrogens is 1. The Labute approximate surface area is 170 Å². The van der Waals surface area contributed by atoms with Gasteiger partial charge in [-0.05, 0) is 31.5 Å². The van der Waals surface area contributed by atoms with E-state index in [9.17, 15) is 9.18 Å². The Balaban J connectivity index is 1.38. The first-order chi connectivity index (χ1) is 14.0. The third kappa shape index (κ3) is 4.29. The van der Waals surface area contributed by atoms with E-state index in [0.29, 0.717) is 24.4 Å². The summed E-state index contributed by atoms with van der Waals surface area (Å²) in [7, 11) is 0. The zero-order chi connectivity index (χ0) is 20.3. The second kappa shape index (κ2) is 8.29. The molecule has 0 radical (unpaired) electrons. The maximum Gasteiger partial charge on any atom is 0.269 e. The molecule has 1 amide bonds. The van der Waals surface area contributed by atoms with E-state index < -0.39 is 5.60 Å². The van der Waals surface area contributed by atoms with Crippen molar-refractivity contribution < 1.29 is 14.0 Å². The Hall–Kier alpha value is -2.80. The number of carbonyl (C=O) groups is 1. The number of benzene rings is 1. The predicted molar refractivity (Wildman–Crippen MR) is 108 cm³/mol. The number of pyridine rings is 1.